The van der Waals surface area contributed by atoms with E-state index < -0.39 is 0 Å². The minimum atomic E-state index is -0.320. The fourth-order valence-corrected chi connectivity index (χ4v) is 3.43. The van der Waals surface area contributed by atoms with Crippen molar-refractivity contribution >= 4 is 34.1 Å². The number of nitrogens with zero attached hydrogens (tertiary/aromatic N) is 5. The zero-order valence-corrected chi connectivity index (χ0v) is 15.1. The SMILES string of the molecule is Cc1ccc(-c2nnc(NC(=O)[C@H](C)Sc3nncn3C)s2)cc1. The molecule has 2 heterocycles. The highest BCUT2D eigenvalue weighted by atomic mass is 32.2. The Bertz CT molecular complexity index is 842. The maximum atomic E-state index is 12.3. The van der Waals surface area contributed by atoms with Crippen molar-refractivity contribution in [2.45, 2.75) is 24.3 Å². The number of amides is 1. The van der Waals surface area contributed by atoms with Crippen LogP contribution in [0.4, 0.5) is 5.13 Å². The van der Waals surface area contributed by atoms with Gasteiger partial charge in [-0.25, -0.2) is 0 Å². The number of aromatic nitrogens is 5. The van der Waals surface area contributed by atoms with Gasteiger partial charge in [0, 0.05) is 12.6 Å². The van der Waals surface area contributed by atoms with Crippen LogP contribution in [0.3, 0.4) is 0 Å². The molecule has 124 valence electrons. The highest BCUT2D eigenvalue weighted by molar-refractivity contribution is 8.00. The molecule has 0 aliphatic carbocycles. The smallest absolute Gasteiger partial charge is 0.239 e. The van der Waals surface area contributed by atoms with Crippen LogP contribution in [-0.4, -0.2) is 36.1 Å². The van der Waals surface area contributed by atoms with Gasteiger partial charge in [0.1, 0.15) is 11.3 Å². The van der Waals surface area contributed by atoms with E-state index in [1.165, 1.54) is 28.7 Å². The molecule has 0 saturated heterocycles. The molecule has 0 radical (unpaired) electrons. The first-order chi connectivity index (χ1) is 11.5. The molecular formula is C15H16N6OS2. The lowest BCUT2D eigenvalue weighted by molar-refractivity contribution is -0.115. The topological polar surface area (TPSA) is 85.6 Å². The molecule has 1 atom stereocenters. The van der Waals surface area contributed by atoms with Gasteiger partial charge in [0.05, 0.1) is 5.25 Å². The highest BCUT2D eigenvalue weighted by Crippen LogP contribution is 2.27. The summed E-state index contributed by atoms with van der Waals surface area (Å²) in [5.74, 6) is -0.144. The molecule has 9 heteroatoms. The van der Waals surface area contributed by atoms with Crippen molar-refractivity contribution < 1.29 is 4.79 Å². The van der Waals surface area contributed by atoms with Crippen LogP contribution in [0.25, 0.3) is 10.6 Å². The van der Waals surface area contributed by atoms with E-state index in [2.05, 4.69) is 25.7 Å². The highest BCUT2D eigenvalue weighted by Gasteiger charge is 2.19. The first kappa shape index (κ1) is 16.6. The lowest BCUT2D eigenvalue weighted by atomic mass is 10.2. The molecule has 0 bridgehead atoms. The molecule has 0 unspecified atom stereocenters. The number of anilines is 1. The van der Waals surface area contributed by atoms with Gasteiger partial charge in [0.25, 0.3) is 0 Å². The van der Waals surface area contributed by atoms with E-state index in [1.54, 1.807) is 10.9 Å². The third-order valence-corrected chi connectivity index (χ3v) is 5.31. The second-order valence-corrected chi connectivity index (χ2v) is 7.54. The number of hydrogen-bond donors (Lipinski definition) is 1. The van der Waals surface area contributed by atoms with E-state index in [0.717, 1.165) is 10.6 Å². The Morgan fingerprint density at radius 2 is 2.00 bits per heavy atom. The number of carbonyl (C=O) groups excluding carboxylic acids is 1. The largest absolute Gasteiger partial charge is 0.312 e. The predicted molar refractivity (Wildman–Crippen MR) is 95.0 cm³/mol. The summed E-state index contributed by atoms with van der Waals surface area (Å²) in [5.41, 5.74) is 2.17. The Morgan fingerprint density at radius 1 is 1.25 bits per heavy atom. The van der Waals surface area contributed by atoms with Gasteiger partial charge in [0.2, 0.25) is 11.0 Å². The minimum absolute atomic E-state index is 0.144. The number of aryl methyl sites for hydroxylation is 2. The molecule has 24 heavy (non-hydrogen) atoms. The van der Waals surface area contributed by atoms with Gasteiger partial charge in [-0.05, 0) is 13.8 Å². The Labute approximate surface area is 147 Å². The molecule has 1 aromatic carbocycles. The van der Waals surface area contributed by atoms with Crippen molar-refractivity contribution in [2.75, 3.05) is 5.32 Å². The molecular weight excluding hydrogens is 344 g/mol. The van der Waals surface area contributed by atoms with Crippen molar-refractivity contribution in [3.8, 4) is 10.6 Å². The number of carbonyl (C=O) groups is 1. The summed E-state index contributed by atoms with van der Waals surface area (Å²) < 4.78 is 1.77. The summed E-state index contributed by atoms with van der Waals surface area (Å²) in [6.45, 7) is 3.85. The summed E-state index contributed by atoms with van der Waals surface area (Å²) in [4.78, 5) is 12.3. The predicted octanol–water partition coefficient (Wildman–Crippen LogP) is 2.76. The lowest BCUT2D eigenvalue weighted by Crippen LogP contribution is -2.22. The number of hydrogen-bond acceptors (Lipinski definition) is 7. The van der Waals surface area contributed by atoms with Gasteiger partial charge in [0.15, 0.2) is 5.16 Å². The van der Waals surface area contributed by atoms with Gasteiger partial charge in [-0.15, -0.1) is 20.4 Å². The van der Waals surface area contributed by atoms with Crippen molar-refractivity contribution in [2.24, 2.45) is 7.05 Å². The van der Waals surface area contributed by atoms with Crippen molar-refractivity contribution in [3.05, 3.63) is 36.2 Å². The number of rotatable bonds is 5. The Morgan fingerprint density at radius 3 is 2.67 bits per heavy atom. The van der Waals surface area contributed by atoms with E-state index in [0.29, 0.717) is 10.3 Å². The molecule has 2 aromatic heterocycles. The average Bonchev–Trinajstić information content (AvgIpc) is 3.18. The maximum absolute atomic E-state index is 12.3. The molecule has 0 spiro atoms. The van der Waals surface area contributed by atoms with Crippen LogP contribution < -0.4 is 5.32 Å². The second-order valence-electron chi connectivity index (χ2n) is 5.25. The fraction of sp³-hybridized carbons (Fsp3) is 0.267. The Kier molecular flexibility index (Phi) is 4.91. The second kappa shape index (κ2) is 7.10. The number of thioether (sulfide) groups is 1. The molecule has 1 amide bonds. The van der Waals surface area contributed by atoms with Crippen molar-refractivity contribution in [1.29, 1.82) is 0 Å². The summed E-state index contributed by atoms with van der Waals surface area (Å²) >= 11 is 2.69. The zero-order valence-electron chi connectivity index (χ0n) is 13.4. The van der Waals surface area contributed by atoms with E-state index in [4.69, 9.17) is 0 Å². The van der Waals surface area contributed by atoms with Gasteiger partial charge in [-0.1, -0.05) is 52.9 Å². The van der Waals surface area contributed by atoms with Crippen LogP contribution >= 0.6 is 23.1 Å². The van der Waals surface area contributed by atoms with Crippen LogP contribution in [0.1, 0.15) is 12.5 Å². The van der Waals surface area contributed by atoms with E-state index >= 15 is 0 Å². The number of nitrogens with one attached hydrogen (secondary N) is 1. The summed E-state index contributed by atoms with van der Waals surface area (Å²) in [7, 11) is 1.84. The van der Waals surface area contributed by atoms with Crippen LogP contribution in [0.2, 0.25) is 0 Å². The van der Waals surface area contributed by atoms with E-state index in [-0.39, 0.29) is 11.2 Å². The van der Waals surface area contributed by atoms with Crippen LogP contribution in [0.5, 0.6) is 0 Å². The molecule has 0 fully saturated rings. The molecule has 0 aliphatic heterocycles. The van der Waals surface area contributed by atoms with E-state index in [1.807, 2.05) is 45.2 Å². The van der Waals surface area contributed by atoms with E-state index in [9.17, 15) is 4.79 Å². The molecule has 3 aromatic rings. The minimum Gasteiger partial charge on any atom is -0.312 e. The normalized spacial score (nSPS) is 12.1. The summed E-state index contributed by atoms with van der Waals surface area (Å²) in [6, 6.07) is 8.03. The van der Waals surface area contributed by atoms with Crippen LogP contribution in [-0.2, 0) is 11.8 Å². The first-order valence-electron chi connectivity index (χ1n) is 7.25. The van der Waals surface area contributed by atoms with Crippen molar-refractivity contribution in [1.82, 2.24) is 25.0 Å². The zero-order chi connectivity index (χ0) is 17.1. The molecule has 0 saturated carbocycles. The third-order valence-electron chi connectivity index (χ3n) is 3.27. The van der Waals surface area contributed by atoms with Gasteiger partial charge in [-0.2, -0.15) is 0 Å². The maximum Gasteiger partial charge on any atom is 0.239 e. The lowest BCUT2D eigenvalue weighted by Gasteiger charge is -2.08. The average molecular weight is 360 g/mol. The molecule has 0 aliphatic rings. The van der Waals surface area contributed by atoms with Crippen LogP contribution in [0.15, 0.2) is 35.7 Å². The van der Waals surface area contributed by atoms with Gasteiger partial charge >= 0.3 is 0 Å². The summed E-state index contributed by atoms with van der Waals surface area (Å²) in [5, 5.41) is 20.4. The fourth-order valence-electron chi connectivity index (χ4n) is 1.88. The van der Waals surface area contributed by atoms with Gasteiger partial charge in [-0.3, -0.25) is 10.1 Å². The van der Waals surface area contributed by atoms with Crippen LogP contribution in [0, 0.1) is 6.92 Å². The van der Waals surface area contributed by atoms with Gasteiger partial charge < -0.3 is 4.57 Å². The quantitative estimate of drug-likeness (QED) is 0.704. The number of benzene rings is 1. The monoisotopic (exact) mass is 360 g/mol. The Balaban J connectivity index is 1.64. The Hall–Kier alpha value is -2.26. The summed E-state index contributed by atoms with van der Waals surface area (Å²) in [6.07, 6.45) is 1.60. The molecule has 3 rings (SSSR count). The third kappa shape index (κ3) is 3.80. The standard InChI is InChI=1S/C15H16N6OS2/c1-9-4-6-11(7-5-9)13-18-19-14(24-13)17-12(22)10(2)23-15-20-16-8-21(15)3/h4-8,10H,1-3H3,(H,17,19,22)/t10-/m0/s1. The molecule has 7 nitrogen and oxygen atoms in total. The van der Waals surface area contributed by atoms with Crippen molar-refractivity contribution in [3.63, 3.8) is 0 Å². The first-order valence-corrected chi connectivity index (χ1v) is 8.94. The molecule has 1 N–H and O–H groups in total.